The summed E-state index contributed by atoms with van der Waals surface area (Å²) in [7, 11) is 0. The van der Waals surface area contributed by atoms with E-state index in [-0.39, 0.29) is 0 Å². The molecule has 5 nitrogen and oxygen atoms in total. The van der Waals surface area contributed by atoms with E-state index in [1.165, 1.54) is 31.6 Å². The van der Waals surface area contributed by atoms with E-state index in [1.54, 1.807) is 0 Å². The Hall–Kier alpha value is -0.940. The van der Waals surface area contributed by atoms with E-state index in [2.05, 4.69) is 32.1 Å². The number of nitrogens with zero attached hydrogens (tertiary/aromatic N) is 4. The molecule has 0 amide bonds. The van der Waals surface area contributed by atoms with Gasteiger partial charge in [0.25, 0.3) is 0 Å². The monoisotopic (exact) mass is 235 g/mol. The number of rotatable bonds is 3. The van der Waals surface area contributed by atoms with Crippen LogP contribution < -0.4 is 5.32 Å². The Labute approximate surface area is 102 Å². The van der Waals surface area contributed by atoms with Crippen molar-refractivity contribution >= 4 is 0 Å². The fourth-order valence-corrected chi connectivity index (χ4v) is 2.89. The lowest BCUT2D eigenvalue weighted by molar-refractivity contribution is 0.227. The molecule has 17 heavy (non-hydrogen) atoms. The molecule has 2 aliphatic heterocycles. The molecule has 1 atom stereocenters. The summed E-state index contributed by atoms with van der Waals surface area (Å²) in [4.78, 5) is 2.56. The molecule has 3 heterocycles. The predicted octanol–water partition coefficient (Wildman–Crippen LogP) is 0.408. The third kappa shape index (κ3) is 2.21. The molecule has 5 heteroatoms. The van der Waals surface area contributed by atoms with Crippen LogP contribution in [0.3, 0.4) is 0 Å². The number of nitrogens with one attached hydrogen (secondary N) is 1. The van der Waals surface area contributed by atoms with Crippen LogP contribution in [0.4, 0.5) is 0 Å². The molecule has 0 saturated carbocycles. The molecule has 94 valence electrons. The largest absolute Gasteiger partial charge is 0.311 e. The Morgan fingerprint density at radius 1 is 1.35 bits per heavy atom. The normalized spacial score (nSPS) is 22.6. The first kappa shape index (κ1) is 11.2. The summed E-state index contributed by atoms with van der Waals surface area (Å²) in [6, 6.07) is 0.582. The summed E-state index contributed by atoms with van der Waals surface area (Å²) in [6.07, 6.45) is 3.77. The first-order valence-corrected chi connectivity index (χ1v) is 6.70. The van der Waals surface area contributed by atoms with Crippen molar-refractivity contribution < 1.29 is 0 Å². The standard InChI is InChI=1S/C12H21N5/c1-10(16-6-2-3-7-16)9-17-12-4-5-13-8-11(12)14-15-17/h10,13H,2-9H2,1H3. The lowest BCUT2D eigenvalue weighted by atomic mass is 10.2. The van der Waals surface area contributed by atoms with Crippen LogP contribution in [0.25, 0.3) is 0 Å². The van der Waals surface area contributed by atoms with Crippen LogP contribution in [0.15, 0.2) is 0 Å². The van der Waals surface area contributed by atoms with Crippen molar-refractivity contribution in [2.24, 2.45) is 0 Å². The molecule has 0 aliphatic carbocycles. The Kier molecular flexibility index (Phi) is 3.11. The van der Waals surface area contributed by atoms with Gasteiger partial charge in [0.1, 0.15) is 0 Å². The average Bonchev–Trinajstić information content (AvgIpc) is 2.98. The Morgan fingerprint density at radius 2 is 2.18 bits per heavy atom. The van der Waals surface area contributed by atoms with Crippen LogP contribution in [0, 0.1) is 0 Å². The van der Waals surface area contributed by atoms with Crippen molar-refractivity contribution in [2.45, 2.75) is 45.3 Å². The summed E-state index contributed by atoms with van der Waals surface area (Å²) < 4.78 is 2.12. The number of hydrogen-bond acceptors (Lipinski definition) is 4. The molecular weight excluding hydrogens is 214 g/mol. The molecule has 1 aromatic rings. The average molecular weight is 235 g/mol. The minimum Gasteiger partial charge on any atom is -0.311 e. The van der Waals surface area contributed by atoms with E-state index in [0.29, 0.717) is 6.04 Å². The van der Waals surface area contributed by atoms with Gasteiger partial charge in [-0.3, -0.25) is 4.90 Å². The van der Waals surface area contributed by atoms with Crippen molar-refractivity contribution in [2.75, 3.05) is 19.6 Å². The molecule has 1 unspecified atom stereocenters. The number of hydrogen-bond donors (Lipinski definition) is 1. The molecule has 3 rings (SSSR count). The molecule has 1 aromatic heterocycles. The smallest absolute Gasteiger partial charge is 0.0997 e. The first-order valence-electron chi connectivity index (χ1n) is 6.70. The first-order chi connectivity index (χ1) is 8.34. The summed E-state index contributed by atoms with van der Waals surface area (Å²) in [5.41, 5.74) is 2.49. The molecule has 1 N–H and O–H groups in total. The fraction of sp³-hybridized carbons (Fsp3) is 0.833. The highest BCUT2D eigenvalue weighted by molar-refractivity contribution is 5.13. The van der Waals surface area contributed by atoms with Gasteiger partial charge in [0.2, 0.25) is 0 Å². The minimum atomic E-state index is 0.582. The van der Waals surface area contributed by atoms with Gasteiger partial charge < -0.3 is 5.32 Å². The van der Waals surface area contributed by atoms with E-state index in [1.807, 2.05) is 0 Å². The number of aromatic nitrogens is 3. The zero-order valence-electron chi connectivity index (χ0n) is 10.5. The van der Waals surface area contributed by atoms with Crippen LogP contribution in [-0.2, 0) is 19.5 Å². The second-order valence-electron chi connectivity index (χ2n) is 5.18. The number of fused-ring (bicyclic) bond motifs is 1. The Bertz CT molecular complexity index is 380. The molecule has 0 radical (unpaired) electrons. The van der Waals surface area contributed by atoms with E-state index in [4.69, 9.17) is 0 Å². The van der Waals surface area contributed by atoms with Crippen molar-refractivity contribution in [3.8, 4) is 0 Å². The van der Waals surface area contributed by atoms with Gasteiger partial charge in [0.15, 0.2) is 0 Å². The highest BCUT2D eigenvalue weighted by atomic mass is 15.4. The maximum absolute atomic E-state index is 4.31. The Balaban J connectivity index is 1.69. The zero-order chi connectivity index (χ0) is 11.7. The van der Waals surface area contributed by atoms with Gasteiger partial charge >= 0.3 is 0 Å². The van der Waals surface area contributed by atoms with Gasteiger partial charge in [0.05, 0.1) is 17.9 Å². The van der Waals surface area contributed by atoms with Crippen LogP contribution in [0.5, 0.6) is 0 Å². The quantitative estimate of drug-likeness (QED) is 0.824. The van der Waals surface area contributed by atoms with Gasteiger partial charge in [-0.2, -0.15) is 0 Å². The van der Waals surface area contributed by atoms with E-state index in [0.717, 1.165) is 31.7 Å². The molecule has 2 aliphatic rings. The van der Waals surface area contributed by atoms with Gasteiger partial charge in [-0.1, -0.05) is 5.21 Å². The molecule has 0 aromatic carbocycles. The maximum Gasteiger partial charge on any atom is 0.0997 e. The topological polar surface area (TPSA) is 46.0 Å². The molecule has 1 saturated heterocycles. The third-order valence-corrected chi connectivity index (χ3v) is 3.95. The minimum absolute atomic E-state index is 0.582. The lowest BCUT2D eigenvalue weighted by Gasteiger charge is -2.24. The van der Waals surface area contributed by atoms with Gasteiger partial charge in [0, 0.05) is 25.6 Å². The number of likely N-dealkylation sites (tertiary alicyclic amines) is 1. The van der Waals surface area contributed by atoms with Crippen LogP contribution in [0.2, 0.25) is 0 Å². The van der Waals surface area contributed by atoms with Crippen LogP contribution in [0.1, 0.15) is 31.2 Å². The molecule has 0 bridgehead atoms. The van der Waals surface area contributed by atoms with E-state index in [9.17, 15) is 0 Å². The summed E-state index contributed by atoms with van der Waals surface area (Å²) in [5, 5.41) is 11.9. The highest BCUT2D eigenvalue weighted by Crippen LogP contribution is 2.15. The SMILES string of the molecule is CC(Cn1nnc2c1CCNC2)N1CCCC1. The van der Waals surface area contributed by atoms with Crippen molar-refractivity contribution in [1.29, 1.82) is 0 Å². The second-order valence-corrected chi connectivity index (χ2v) is 5.18. The van der Waals surface area contributed by atoms with Crippen molar-refractivity contribution in [1.82, 2.24) is 25.2 Å². The third-order valence-electron chi connectivity index (χ3n) is 3.95. The van der Waals surface area contributed by atoms with Gasteiger partial charge in [-0.15, -0.1) is 5.10 Å². The summed E-state index contributed by atoms with van der Waals surface area (Å²) >= 11 is 0. The lowest BCUT2D eigenvalue weighted by Crippen LogP contribution is -2.35. The molecular formula is C12H21N5. The van der Waals surface area contributed by atoms with Crippen molar-refractivity contribution in [3.05, 3.63) is 11.4 Å². The highest BCUT2D eigenvalue weighted by Gasteiger charge is 2.22. The van der Waals surface area contributed by atoms with Gasteiger partial charge in [-0.25, -0.2) is 4.68 Å². The van der Waals surface area contributed by atoms with Crippen LogP contribution in [-0.4, -0.2) is 45.6 Å². The van der Waals surface area contributed by atoms with E-state index < -0.39 is 0 Å². The summed E-state index contributed by atoms with van der Waals surface area (Å²) in [5.74, 6) is 0. The van der Waals surface area contributed by atoms with Gasteiger partial charge in [-0.05, 0) is 32.9 Å². The predicted molar refractivity (Wildman–Crippen MR) is 65.7 cm³/mol. The molecule has 0 spiro atoms. The zero-order valence-corrected chi connectivity index (χ0v) is 10.5. The maximum atomic E-state index is 4.31. The van der Waals surface area contributed by atoms with Crippen molar-refractivity contribution in [3.63, 3.8) is 0 Å². The molecule has 1 fully saturated rings. The van der Waals surface area contributed by atoms with E-state index >= 15 is 0 Å². The van der Waals surface area contributed by atoms with Crippen LogP contribution >= 0.6 is 0 Å². The Morgan fingerprint density at radius 3 is 3.00 bits per heavy atom. The fourth-order valence-electron chi connectivity index (χ4n) is 2.89. The second kappa shape index (κ2) is 4.74. The summed E-state index contributed by atoms with van der Waals surface area (Å²) in [6.45, 7) is 7.73.